The third-order valence-electron chi connectivity index (χ3n) is 5.86. The quantitative estimate of drug-likeness (QED) is 0.639. The van der Waals surface area contributed by atoms with Crippen LogP contribution < -0.4 is 0 Å². The predicted molar refractivity (Wildman–Crippen MR) is 88.9 cm³/mol. The molecule has 3 heteroatoms. The molecule has 2 aliphatic rings. The Labute approximate surface area is 135 Å². The Bertz CT molecular complexity index is 313. The van der Waals surface area contributed by atoms with Gasteiger partial charge in [-0.1, -0.05) is 26.2 Å². The first kappa shape index (κ1) is 17.8. The van der Waals surface area contributed by atoms with E-state index in [4.69, 9.17) is 9.84 Å². The lowest BCUT2D eigenvalue weighted by Crippen LogP contribution is -2.30. The molecule has 1 N–H and O–H groups in total. The SMILES string of the molecule is CCCCCCOC1CCC(C2CCC(C(=O)O)CC2)CC1. The maximum atomic E-state index is 11.0. The number of aliphatic carboxylic acids is 1. The second-order valence-corrected chi connectivity index (χ2v) is 7.42. The molecule has 0 aliphatic heterocycles. The molecule has 0 aromatic heterocycles. The van der Waals surface area contributed by atoms with E-state index in [0.717, 1.165) is 44.1 Å². The lowest BCUT2D eigenvalue weighted by atomic mass is 9.70. The molecule has 128 valence electrons. The van der Waals surface area contributed by atoms with Crippen LogP contribution >= 0.6 is 0 Å². The highest BCUT2D eigenvalue weighted by Gasteiger charge is 2.32. The van der Waals surface area contributed by atoms with Gasteiger partial charge in [-0.05, 0) is 69.6 Å². The van der Waals surface area contributed by atoms with Gasteiger partial charge in [-0.2, -0.15) is 0 Å². The van der Waals surface area contributed by atoms with Gasteiger partial charge in [0.15, 0.2) is 0 Å². The largest absolute Gasteiger partial charge is 0.481 e. The molecule has 2 saturated carbocycles. The van der Waals surface area contributed by atoms with Crippen LogP contribution in [-0.2, 0) is 9.53 Å². The first-order valence-electron chi connectivity index (χ1n) is 9.55. The molecule has 2 rings (SSSR count). The van der Waals surface area contributed by atoms with Crippen LogP contribution in [0.1, 0.15) is 84.0 Å². The van der Waals surface area contributed by atoms with Gasteiger partial charge in [0.25, 0.3) is 0 Å². The van der Waals surface area contributed by atoms with Crippen LogP contribution in [0, 0.1) is 17.8 Å². The summed E-state index contributed by atoms with van der Waals surface area (Å²) in [5.74, 6) is 0.952. The minimum Gasteiger partial charge on any atom is -0.481 e. The van der Waals surface area contributed by atoms with Crippen LogP contribution in [0.25, 0.3) is 0 Å². The van der Waals surface area contributed by atoms with Gasteiger partial charge in [0.1, 0.15) is 0 Å². The summed E-state index contributed by atoms with van der Waals surface area (Å²) in [6, 6.07) is 0. The second kappa shape index (κ2) is 9.54. The van der Waals surface area contributed by atoms with E-state index >= 15 is 0 Å². The zero-order chi connectivity index (χ0) is 15.8. The van der Waals surface area contributed by atoms with Crippen molar-refractivity contribution >= 4 is 5.97 Å². The van der Waals surface area contributed by atoms with Gasteiger partial charge < -0.3 is 9.84 Å². The minimum atomic E-state index is -0.585. The molecule has 0 radical (unpaired) electrons. The van der Waals surface area contributed by atoms with Crippen molar-refractivity contribution in [1.29, 1.82) is 0 Å². The molecule has 0 bridgehead atoms. The summed E-state index contributed by atoms with van der Waals surface area (Å²) < 4.78 is 6.04. The fraction of sp³-hybridized carbons (Fsp3) is 0.947. The summed E-state index contributed by atoms with van der Waals surface area (Å²) >= 11 is 0. The lowest BCUT2D eigenvalue weighted by molar-refractivity contribution is -0.143. The van der Waals surface area contributed by atoms with Crippen LogP contribution in [0.15, 0.2) is 0 Å². The van der Waals surface area contributed by atoms with E-state index in [0.29, 0.717) is 6.10 Å². The van der Waals surface area contributed by atoms with Gasteiger partial charge in [0.05, 0.1) is 12.0 Å². The van der Waals surface area contributed by atoms with E-state index in [1.807, 2.05) is 0 Å². The average Bonchev–Trinajstić information content (AvgIpc) is 2.55. The monoisotopic (exact) mass is 310 g/mol. The van der Waals surface area contributed by atoms with Crippen LogP contribution in [0.5, 0.6) is 0 Å². The van der Waals surface area contributed by atoms with Crippen molar-refractivity contribution in [3.8, 4) is 0 Å². The normalized spacial score (nSPS) is 32.8. The molecule has 0 spiro atoms. The van der Waals surface area contributed by atoms with E-state index in [1.54, 1.807) is 0 Å². The average molecular weight is 310 g/mol. The van der Waals surface area contributed by atoms with E-state index in [9.17, 15) is 4.79 Å². The fourth-order valence-electron chi connectivity index (χ4n) is 4.34. The molecule has 22 heavy (non-hydrogen) atoms. The summed E-state index contributed by atoms with van der Waals surface area (Å²) in [5, 5.41) is 9.09. The molecule has 0 amide bonds. The van der Waals surface area contributed by atoms with Crippen molar-refractivity contribution in [3.63, 3.8) is 0 Å². The Balaban J connectivity index is 1.58. The maximum Gasteiger partial charge on any atom is 0.306 e. The van der Waals surface area contributed by atoms with Crippen molar-refractivity contribution in [1.82, 2.24) is 0 Å². The first-order valence-corrected chi connectivity index (χ1v) is 9.55. The highest BCUT2D eigenvalue weighted by Crippen LogP contribution is 2.40. The molecule has 0 heterocycles. The third kappa shape index (κ3) is 5.57. The molecule has 0 atom stereocenters. The number of hydrogen-bond acceptors (Lipinski definition) is 2. The van der Waals surface area contributed by atoms with Crippen molar-refractivity contribution in [3.05, 3.63) is 0 Å². The smallest absolute Gasteiger partial charge is 0.306 e. The summed E-state index contributed by atoms with van der Waals surface area (Å²) in [4.78, 5) is 11.0. The van der Waals surface area contributed by atoms with Crippen molar-refractivity contribution in [2.75, 3.05) is 6.61 Å². The van der Waals surface area contributed by atoms with Gasteiger partial charge in [0.2, 0.25) is 0 Å². The van der Waals surface area contributed by atoms with Crippen molar-refractivity contribution in [2.45, 2.75) is 90.1 Å². The van der Waals surface area contributed by atoms with Gasteiger partial charge in [-0.15, -0.1) is 0 Å². The Kier molecular flexibility index (Phi) is 7.71. The van der Waals surface area contributed by atoms with E-state index in [2.05, 4.69) is 6.92 Å². The molecule has 0 unspecified atom stereocenters. The number of unbranched alkanes of at least 4 members (excludes halogenated alkanes) is 3. The number of ether oxygens (including phenoxy) is 1. The maximum absolute atomic E-state index is 11.0. The molecule has 0 aromatic rings. The van der Waals surface area contributed by atoms with Crippen molar-refractivity contribution in [2.24, 2.45) is 17.8 Å². The molecule has 2 aliphatic carbocycles. The highest BCUT2D eigenvalue weighted by atomic mass is 16.5. The standard InChI is InChI=1S/C19H34O3/c1-2-3-4-5-14-22-18-12-10-16(11-13-18)15-6-8-17(9-7-15)19(20)21/h15-18H,2-14H2,1H3,(H,20,21). The zero-order valence-corrected chi connectivity index (χ0v) is 14.3. The number of carbonyl (C=O) groups is 1. The molecule has 0 saturated heterocycles. The Hall–Kier alpha value is -0.570. The molecular weight excluding hydrogens is 276 g/mol. The van der Waals surface area contributed by atoms with Crippen molar-refractivity contribution < 1.29 is 14.6 Å². The van der Waals surface area contributed by atoms with Crippen LogP contribution in [0.4, 0.5) is 0 Å². The van der Waals surface area contributed by atoms with Crippen LogP contribution in [0.3, 0.4) is 0 Å². The summed E-state index contributed by atoms with van der Waals surface area (Å²) in [6.07, 6.45) is 14.7. The number of rotatable bonds is 8. The molecule has 0 aromatic carbocycles. The summed E-state index contributed by atoms with van der Waals surface area (Å²) in [6.45, 7) is 3.19. The number of hydrogen-bond donors (Lipinski definition) is 1. The predicted octanol–water partition coefficient (Wildman–Crippen LogP) is 5.03. The van der Waals surface area contributed by atoms with Gasteiger partial charge in [0, 0.05) is 6.61 Å². The Morgan fingerprint density at radius 1 is 0.909 bits per heavy atom. The zero-order valence-electron chi connectivity index (χ0n) is 14.3. The summed E-state index contributed by atoms with van der Waals surface area (Å²) in [5.41, 5.74) is 0. The van der Waals surface area contributed by atoms with Gasteiger partial charge in [-0.3, -0.25) is 4.79 Å². The van der Waals surface area contributed by atoms with E-state index < -0.39 is 5.97 Å². The minimum absolute atomic E-state index is 0.0703. The molecule has 3 nitrogen and oxygen atoms in total. The third-order valence-corrected chi connectivity index (χ3v) is 5.86. The Morgan fingerprint density at radius 3 is 2.05 bits per heavy atom. The van der Waals surface area contributed by atoms with Crippen LogP contribution in [-0.4, -0.2) is 23.8 Å². The molecular formula is C19H34O3. The fourth-order valence-corrected chi connectivity index (χ4v) is 4.34. The topological polar surface area (TPSA) is 46.5 Å². The second-order valence-electron chi connectivity index (χ2n) is 7.42. The van der Waals surface area contributed by atoms with E-state index in [-0.39, 0.29) is 5.92 Å². The summed E-state index contributed by atoms with van der Waals surface area (Å²) in [7, 11) is 0. The number of carboxylic acid groups (broad SMARTS) is 1. The molecule has 2 fully saturated rings. The highest BCUT2D eigenvalue weighted by molar-refractivity contribution is 5.69. The Morgan fingerprint density at radius 2 is 1.50 bits per heavy atom. The van der Waals surface area contributed by atoms with Gasteiger partial charge in [-0.25, -0.2) is 0 Å². The van der Waals surface area contributed by atoms with Gasteiger partial charge >= 0.3 is 5.97 Å². The van der Waals surface area contributed by atoms with E-state index in [1.165, 1.54) is 51.4 Å². The lowest BCUT2D eigenvalue weighted by Gasteiger charge is -2.37. The number of carboxylic acids is 1. The first-order chi connectivity index (χ1) is 10.7. The van der Waals surface area contributed by atoms with Crippen LogP contribution in [0.2, 0.25) is 0 Å².